The van der Waals surface area contributed by atoms with Crippen molar-refractivity contribution >= 4 is 5.97 Å². The van der Waals surface area contributed by atoms with Gasteiger partial charge in [0.05, 0.1) is 38.1 Å². The highest BCUT2D eigenvalue weighted by atomic mass is 16.8. The average Bonchev–Trinajstić information content (AvgIpc) is 4.00. The van der Waals surface area contributed by atoms with Crippen LogP contribution in [0.1, 0.15) is 99.3 Å². The zero-order valence-corrected chi connectivity index (χ0v) is 45.7. The van der Waals surface area contributed by atoms with E-state index in [1.54, 1.807) is 14.0 Å². The molecule has 9 rings (SSSR count). The molecule has 3 saturated carbocycles. The average molecular weight is 1120 g/mol. The van der Waals surface area contributed by atoms with Gasteiger partial charge in [0, 0.05) is 26.4 Å². The van der Waals surface area contributed by atoms with Crippen LogP contribution in [-0.4, -0.2) is 242 Å². The minimum atomic E-state index is -1.98. The van der Waals surface area contributed by atoms with E-state index in [0.717, 1.165) is 45.4 Å². The molecule has 5 aliphatic heterocycles. The molecule has 8 fully saturated rings. The number of allylic oxidation sites excluding steroid dienone is 1. The highest BCUT2D eigenvalue weighted by Gasteiger charge is 2.68. The smallest absolute Gasteiger partial charge is 0.302 e. The third-order valence-corrected chi connectivity index (χ3v) is 20.1. The van der Waals surface area contributed by atoms with Crippen molar-refractivity contribution in [1.82, 2.24) is 0 Å². The van der Waals surface area contributed by atoms with Gasteiger partial charge in [-0.15, -0.1) is 0 Å². The van der Waals surface area contributed by atoms with Gasteiger partial charge in [0.2, 0.25) is 0 Å². The number of hydrogen-bond donors (Lipinski definition) is 12. The van der Waals surface area contributed by atoms with Crippen LogP contribution < -0.4 is 0 Å². The van der Waals surface area contributed by atoms with E-state index in [1.165, 1.54) is 5.57 Å². The van der Waals surface area contributed by atoms with Crippen LogP contribution in [0, 0.1) is 46.3 Å². The quantitative estimate of drug-likeness (QED) is 0.0566. The second-order valence-electron chi connectivity index (χ2n) is 24.6. The van der Waals surface area contributed by atoms with Gasteiger partial charge in [0.1, 0.15) is 98.2 Å². The lowest BCUT2D eigenvalue weighted by Gasteiger charge is -2.58. The molecule has 0 amide bonds. The summed E-state index contributed by atoms with van der Waals surface area (Å²) in [6.07, 6.45) is -21.9. The highest BCUT2D eigenvalue weighted by molar-refractivity contribution is 5.65. The molecule has 5 saturated heterocycles. The van der Waals surface area contributed by atoms with Gasteiger partial charge in [-0.25, -0.2) is 0 Å². The largest absolute Gasteiger partial charge is 0.463 e. The van der Waals surface area contributed by atoms with Crippen LogP contribution in [0.15, 0.2) is 11.6 Å². The van der Waals surface area contributed by atoms with Gasteiger partial charge >= 0.3 is 5.97 Å². The Morgan fingerprint density at radius 2 is 1.29 bits per heavy atom. The summed E-state index contributed by atoms with van der Waals surface area (Å²) < 4.78 is 65.7. The molecule has 9 aliphatic rings. The molecular formula is C54H88O24. The lowest BCUT2D eigenvalue weighted by atomic mass is 9.47. The molecule has 78 heavy (non-hydrogen) atoms. The molecule has 0 aromatic rings. The second kappa shape index (κ2) is 24.1. The van der Waals surface area contributed by atoms with Gasteiger partial charge in [0.15, 0.2) is 30.9 Å². The number of methoxy groups -OCH3 is 1. The SMILES string of the molecule is CO[C@]1(CC[C@@H](C)CO[C@@H]2O[C@@H](C)[C@H](O)[C@@H](O)[C@H]2O)O[C@H]2C[C@@H]3[C@H]4CC=C5C[C@H](O[C@@H]6O[C@H](CO)[C@@H](O)[C@H](O[C@@H]7O[C@H](COC(C)=O)[C@@H](O)[C@H](O[C@@H]8O[C@H](CO)[C@@H](O)[C@H](O)[C@H]8O)[C@H]7O)[C@H]6O)CC[C@]5(C)[C@H]4CC[C@]3(C)[C@H]2[C@@H]1C. The third-order valence-electron chi connectivity index (χ3n) is 20.1. The van der Waals surface area contributed by atoms with Crippen molar-refractivity contribution in [3.63, 3.8) is 0 Å². The Labute approximate surface area is 454 Å². The minimum Gasteiger partial charge on any atom is -0.463 e. The number of ether oxygens (including phenoxy) is 11. The third kappa shape index (κ3) is 11.2. The van der Waals surface area contributed by atoms with Gasteiger partial charge in [-0.2, -0.15) is 0 Å². The molecule has 0 bridgehead atoms. The Bertz CT molecular complexity index is 2050. The molecule has 448 valence electrons. The number of rotatable bonds is 17. The highest BCUT2D eigenvalue weighted by Crippen LogP contribution is 2.70. The molecule has 0 unspecified atom stereocenters. The molecule has 12 N–H and O–H groups in total. The Hall–Kier alpha value is -1.67. The topological polar surface area (TPSA) is 361 Å². The van der Waals surface area contributed by atoms with Crippen molar-refractivity contribution in [2.24, 2.45) is 46.3 Å². The zero-order chi connectivity index (χ0) is 56.5. The van der Waals surface area contributed by atoms with Crippen molar-refractivity contribution in [3.05, 3.63) is 11.6 Å². The van der Waals surface area contributed by atoms with Crippen LogP contribution >= 0.6 is 0 Å². The van der Waals surface area contributed by atoms with E-state index in [2.05, 4.69) is 33.8 Å². The zero-order valence-electron chi connectivity index (χ0n) is 45.7. The standard InChI is InChI=1S/C54H88O24/c1-22(20-70-48-42(64)40(62)36(58)24(3)71-48)10-15-54(68-7)23(2)35-31(78-54)17-30-28-9-8-26-16-27(11-13-52(26,5)29(28)12-14-53(30,35)6)72-50-44(66)46(38(60)33(19-56)74-50)77-51-45(67)47(39(61)34(75-51)21-69-25(4)57)76-49-43(65)41(63)37(59)32(18-55)73-49/h8,22-24,27-51,55-56,58-67H,9-21H2,1-7H3/t22-,23+,24+,27-,28+,29+,30-,31+,32-,33-,34-,35+,36+,37-,38-,39-,40-,41+,42-,43-,44-,45-,46+,47+,48-,49+,50-,51+,52+,53+,54-/m1/s1. The van der Waals surface area contributed by atoms with Crippen LogP contribution in [0.4, 0.5) is 0 Å². The molecule has 24 nitrogen and oxygen atoms in total. The van der Waals surface area contributed by atoms with Crippen molar-refractivity contribution in [3.8, 4) is 0 Å². The van der Waals surface area contributed by atoms with Crippen molar-refractivity contribution in [1.29, 1.82) is 0 Å². The number of aliphatic hydroxyl groups is 12. The number of hydrogen-bond acceptors (Lipinski definition) is 24. The molecule has 24 heteroatoms. The first-order valence-corrected chi connectivity index (χ1v) is 28.2. The second-order valence-corrected chi connectivity index (χ2v) is 24.6. The van der Waals surface area contributed by atoms with Gasteiger partial charge in [0.25, 0.3) is 0 Å². The van der Waals surface area contributed by atoms with E-state index in [9.17, 15) is 66.1 Å². The predicted octanol–water partition coefficient (Wildman–Crippen LogP) is -1.78. The monoisotopic (exact) mass is 1120 g/mol. The van der Waals surface area contributed by atoms with Crippen LogP contribution in [-0.2, 0) is 56.9 Å². The number of carbonyl (C=O) groups excluding carboxylic acids is 1. The van der Waals surface area contributed by atoms with Crippen molar-refractivity contribution in [2.75, 3.05) is 33.5 Å². The fourth-order valence-corrected chi connectivity index (χ4v) is 15.5. The molecular weight excluding hydrogens is 1030 g/mol. The van der Waals surface area contributed by atoms with Crippen LogP contribution in [0.25, 0.3) is 0 Å². The molecule has 4 aliphatic carbocycles. The summed E-state index contributed by atoms with van der Waals surface area (Å²) in [7, 11) is 1.73. The summed E-state index contributed by atoms with van der Waals surface area (Å²) in [5.74, 6) is 0.240. The fraction of sp³-hybridized carbons (Fsp3) is 0.944. The normalized spacial score (nSPS) is 52.6. The maximum absolute atomic E-state index is 11.9. The summed E-state index contributed by atoms with van der Waals surface area (Å²) in [5.41, 5.74) is 1.18. The molecule has 0 spiro atoms. The van der Waals surface area contributed by atoms with E-state index in [1.807, 2.05) is 0 Å². The van der Waals surface area contributed by atoms with Gasteiger partial charge in [-0.05, 0) is 98.7 Å². The van der Waals surface area contributed by atoms with Gasteiger partial charge in [-0.3, -0.25) is 4.79 Å². The Morgan fingerprint density at radius 1 is 0.705 bits per heavy atom. The van der Waals surface area contributed by atoms with E-state index in [0.29, 0.717) is 42.9 Å². The first kappa shape index (κ1) is 60.9. The lowest BCUT2D eigenvalue weighted by molar-refractivity contribution is -0.382. The first-order chi connectivity index (χ1) is 36.9. The maximum atomic E-state index is 11.9. The molecule has 0 aromatic heterocycles. The molecule has 5 heterocycles. The molecule has 0 aromatic carbocycles. The van der Waals surface area contributed by atoms with E-state index in [-0.39, 0.29) is 35.4 Å². The van der Waals surface area contributed by atoms with E-state index in [4.69, 9.17) is 52.1 Å². The Morgan fingerprint density at radius 3 is 1.94 bits per heavy atom. The van der Waals surface area contributed by atoms with Crippen LogP contribution in [0.3, 0.4) is 0 Å². The molecule has 0 radical (unpaired) electrons. The minimum absolute atomic E-state index is 0.0275. The number of carbonyl (C=O) groups is 1. The van der Waals surface area contributed by atoms with Crippen molar-refractivity contribution in [2.45, 2.75) is 240 Å². The Kier molecular flexibility index (Phi) is 18.8. The van der Waals surface area contributed by atoms with Gasteiger partial charge in [-0.1, -0.05) is 39.3 Å². The summed E-state index contributed by atoms with van der Waals surface area (Å²) in [4.78, 5) is 11.8. The van der Waals surface area contributed by atoms with Crippen molar-refractivity contribution < 1.29 is 118 Å². The summed E-state index contributed by atoms with van der Waals surface area (Å²) >= 11 is 0. The summed E-state index contributed by atoms with van der Waals surface area (Å²) in [5, 5.41) is 129. The first-order valence-electron chi connectivity index (χ1n) is 28.2. The summed E-state index contributed by atoms with van der Waals surface area (Å²) in [6.45, 7) is 10.1. The number of fused-ring (bicyclic) bond motifs is 7. The van der Waals surface area contributed by atoms with E-state index < -0.39 is 161 Å². The van der Waals surface area contributed by atoms with Gasteiger partial charge < -0.3 is 113 Å². The molecule has 31 atom stereocenters. The van der Waals surface area contributed by atoms with E-state index >= 15 is 0 Å². The maximum Gasteiger partial charge on any atom is 0.302 e. The summed E-state index contributed by atoms with van der Waals surface area (Å²) in [6, 6.07) is 0. The predicted molar refractivity (Wildman–Crippen MR) is 265 cm³/mol. The number of aliphatic hydroxyl groups excluding tert-OH is 12. The Balaban J connectivity index is 0.828. The van der Waals surface area contributed by atoms with Crippen LogP contribution in [0.2, 0.25) is 0 Å². The fourth-order valence-electron chi connectivity index (χ4n) is 15.5. The number of esters is 1. The lowest BCUT2D eigenvalue weighted by Crippen LogP contribution is -2.67. The van der Waals surface area contributed by atoms with Crippen LogP contribution in [0.5, 0.6) is 0 Å².